The lowest BCUT2D eigenvalue weighted by Crippen LogP contribution is -2.36. The maximum atomic E-state index is 10.4. The Morgan fingerprint density at radius 1 is 1.12 bits per heavy atom. The molecule has 4 atom stereocenters. The van der Waals surface area contributed by atoms with Gasteiger partial charge in [-0.15, -0.1) is 0 Å². The van der Waals surface area contributed by atoms with Crippen molar-refractivity contribution >= 4 is 0 Å². The van der Waals surface area contributed by atoms with Crippen LogP contribution >= 0.6 is 0 Å². The number of hydrogen-bond acceptors (Lipinski definition) is 2. The number of aliphatic hydroxyl groups is 1. The van der Waals surface area contributed by atoms with Crippen LogP contribution in [0.4, 0.5) is 0 Å². The molecule has 2 aliphatic rings. The van der Waals surface area contributed by atoms with Gasteiger partial charge in [0.25, 0.3) is 0 Å². The van der Waals surface area contributed by atoms with Crippen LogP contribution in [-0.2, 0) is 0 Å². The summed E-state index contributed by atoms with van der Waals surface area (Å²) in [5, 5.41) is 14.0. The molecule has 2 unspecified atom stereocenters. The van der Waals surface area contributed by atoms with E-state index < -0.39 is 0 Å². The first-order valence-electron chi connectivity index (χ1n) is 6.83. The van der Waals surface area contributed by atoms with Crippen LogP contribution in [0.5, 0.6) is 0 Å². The van der Waals surface area contributed by atoms with Crippen molar-refractivity contribution in [3.8, 4) is 0 Å². The monoisotopic (exact) mass is 231 g/mol. The minimum absolute atomic E-state index is 0.255. The molecular weight excluding hydrogens is 210 g/mol. The third-order valence-electron chi connectivity index (χ3n) is 4.42. The summed E-state index contributed by atoms with van der Waals surface area (Å²) in [6.07, 6.45) is 6.15. The van der Waals surface area contributed by atoms with E-state index in [9.17, 15) is 5.11 Å². The summed E-state index contributed by atoms with van der Waals surface area (Å²) in [7, 11) is 0. The minimum Gasteiger partial charge on any atom is -0.387 e. The van der Waals surface area contributed by atoms with Gasteiger partial charge >= 0.3 is 0 Å². The summed E-state index contributed by atoms with van der Waals surface area (Å²) in [6.45, 7) is 0. The molecule has 17 heavy (non-hydrogen) atoms. The van der Waals surface area contributed by atoms with E-state index in [2.05, 4.69) is 5.32 Å². The molecule has 0 radical (unpaired) electrons. The highest BCUT2D eigenvalue weighted by Crippen LogP contribution is 2.36. The normalized spacial score (nSPS) is 34.3. The molecule has 1 aliphatic carbocycles. The molecule has 1 saturated heterocycles. The first kappa shape index (κ1) is 11.2. The predicted octanol–water partition coefficient (Wildman–Crippen LogP) is 2.64. The van der Waals surface area contributed by atoms with Gasteiger partial charge in [0.05, 0.1) is 6.10 Å². The highest BCUT2D eigenvalue weighted by molar-refractivity contribution is 5.19. The van der Waals surface area contributed by atoms with Crippen LogP contribution in [0, 0.1) is 5.92 Å². The van der Waals surface area contributed by atoms with Gasteiger partial charge in [-0.25, -0.2) is 0 Å². The Morgan fingerprint density at radius 3 is 2.65 bits per heavy atom. The summed E-state index contributed by atoms with van der Waals surface area (Å²) in [5.74, 6) is 0.798. The summed E-state index contributed by atoms with van der Waals surface area (Å²) in [6, 6.07) is 11.0. The van der Waals surface area contributed by atoms with E-state index in [0.717, 1.165) is 17.9 Å². The summed E-state index contributed by atoms with van der Waals surface area (Å²) in [5.41, 5.74) is 1.05. The third kappa shape index (κ3) is 2.24. The SMILES string of the molecule is OC(c1ccccc1)[C@@H]1CC2CCCC[C@@H]2N1. The summed E-state index contributed by atoms with van der Waals surface area (Å²) >= 11 is 0. The van der Waals surface area contributed by atoms with Gasteiger partial charge in [-0.3, -0.25) is 0 Å². The fourth-order valence-corrected chi connectivity index (χ4v) is 3.48. The Hall–Kier alpha value is -0.860. The topological polar surface area (TPSA) is 32.3 Å². The zero-order valence-electron chi connectivity index (χ0n) is 10.2. The van der Waals surface area contributed by atoms with Crippen molar-refractivity contribution < 1.29 is 5.11 Å². The van der Waals surface area contributed by atoms with Crippen LogP contribution in [0.15, 0.2) is 30.3 Å². The van der Waals surface area contributed by atoms with E-state index in [1.165, 1.54) is 25.7 Å². The molecular formula is C15H21NO. The van der Waals surface area contributed by atoms with Crippen molar-refractivity contribution in [2.45, 2.75) is 50.3 Å². The largest absolute Gasteiger partial charge is 0.387 e. The van der Waals surface area contributed by atoms with Gasteiger partial charge in [-0.2, -0.15) is 0 Å². The average molecular weight is 231 g/mol. The maximum absolute atomic E-state index is 10.4. The summed E-state index contributed by atoms with van der Waals surface area (Å²) in [4.78, 5) is 0. The molecule has 1 aromatic carbocycles. The molecule has 1 heterocycles. The van der Waals surface area contributed by atoms with Crippen molar-refractivity contribution in [1.29, 1.82) is 0 Å². The van der Waals surface area contributed by atoms with E-state index in [-0.39, 0.29) is 12.1 Å². The average Bonchev–Trinajstić information content (AvgIpc) is 2.82. The van der Waals surface area contributed by atoms with Crippen LogP contribution < -0.4 is 5.32 Å². The number of fused-ring (bicyclic) bond motifs is 1. The van der Waals surface area contributed by atoms with Gasteiger partial charge < -0.3 is 10.4 Å². The van der Waals surface area contributed by atoms with Gasteiger partial charge in [0, 0.05) is 12.1 Å². The number of nitrogens with one attached hydrogen (secondary N) is 1. The molecule has 2 fully saturated rings. The molecule has 1 aliphatic heterocycles. The molecule has 3 rings (SSSR count). The van der Waals surface area contributed by atoms with E-state index in [1.807, 2.05) is 30.3 Å². The lowest BCUT2D eigenvalue weighted by Gasteiger charge is -2.24. The van der Waals surface area contributed by atoms with Crippen LogP contribution in [0.2, 0.25) is 0 Å². The third-order valence-corrected chi connectivity index (χ3v) is 4.42. The van der Waals surface area contributed by atoms with Gasteiger partial charge in [-0.1, -0.05) is 43.2 Å². The van der Waals surface area contributed by atoms with Gasteiger partial charge in [0.1, 0.15) is 0 Å². The molecule has 0 aromatic heterocycles. The lowest BCUT2D eigenvalue weighted by molar-refractivity contribution is 0.134. The van der Waals surface area contributed by atoms with Crippen molar-refractivity contribution in [3.05, 3.63) is 35.9 Å². The summed E-state index contributed by atoms with van der Waals surface area (Å²) < 4.78 is 0. The Morgan fingerprint density at radius 2 is 1.88 bits per heavy atom. The Labute approximate surface area is 103 Å². The number of benzene rings is 1. The zero-order chi connectivity index (χ0) is 11.7. The zero-order valence-corrected chi connectivity index (χ0v) is 10.2. The number of aliphatic hydroxyl groups excluding tert-OH is 1. The molecule has 2 N–H and O–H groups in total. The Kier molecular flexibility index (Phi) is 3.17. The molecule has 2 nitrogen and oxygen atoms in total. The standard InChI is InChI=1S/C15H21NO/c17-15(11-6-2-1-3-7-11)14-10-12-8-4-5-9-13(12)16-14/h1-3,6-7,12-17H,4-5,8-10H2/t12?,13-,14-,15?/m0/s1. The van der Waals surface area contributed by atoms with Gasteiger partial charge in [-0.05, 0) is 30.7 Å². The molecule has 1 aromatic rings. The minimum atomic E-state index is -0.346. The molecule has 92 valence electrons. The fraction of sp³-hybridized carbons (Fsp3) is 0.600. The highest BCUT2D eigenvalue weighted by Gasteiger charge is 2.38. The quantitative estimate of drug-likeness (QED) is 0.820. The molecule has 0 amide bonds. The lowest BCUT2D eigenvalue weighted by atomic mass is 9.84. The highest BCUT2D eigenvalue weighted by atomic mass is 16.3. The van der Waals surface area contributed by atoms with Crippen LogP contribution in [0.25, 0.3) is 0 Å². The second kappa shape index (κ2) is 4.79. The van der Waals surface area contributed by atoms with Crippen molar-refractivity contribution in [2.75, 3.05) is 0 Å². The Bertz CT molecular complexity index is 350. The van der Waals surface area contributed by atoms with E-state index in [0.29, 0.717) is 6.04 Å². The van der Waals surface area contributed by atoms with Crippen LogP contribution in [-0.4, -0.2) is 17.2 Å². The van der Waals surface area contributed by atoms with E-state index >= 15 is 0 Å². The molecule has 1 saturated carbocycles. The van der Waals surface area contributed by atoms with Crippen LogP contribution in [0.1, 0.15) is 43.8 Å². The predicted molar refractivity (Wildman–Crippen MR) is 68.7 cm³/mol. The number of hydrogen-bond donors (Lipinski definition) is 2. The van der Waals surface area contributed by atoms with Crippen molar-refractivity contribution in [1.82, 2.24) is 5.32 Å². The number of rotatable bonds is 2. The maximum Gasteiger partial charge on any atom is 0.0943 e. The van der Waals surface area contributed by atoms with Gasteiger partial charge in [0.15, 0.2) is 0 Å². The van der Waals surface area contributed by atoms with E-state index in [4.69, 9.17) is 0 Å². The van der Waals surface area contributed by atoms with Crippen molar-refractivity contribution in [2.24, 2.45) is 5.92 Å². The van der Waals surface area contributed by atoms with Gasteiger partial charge in [0.2, 0.25) is 0 Å². The first-order chi connectivity index (χ1) is 8.34. The Balaban J connectivity index is 1.70. The molecule has 2 heteroatoms. The molecule has 0 bridgehead atoms. The van der Waals surface area contributed by atoms with Crippen LogP contribution in [0.3, 0.4) is 0 Å². The first-order valence-corrected chi connectivity index (χ1v) is 6.83. The van der Waals surface area contributed by atoms with E-state index in [1.54, 1.807) is 0 Å². The van der Waals surface area contributed by atoms with Crippen molar-refractivity contribution in [3.63, 3.8) is 0 Å². The second-order valence-electron chi connectivity index (χ2n) is 5.52. The fourth-order valence-electron chi connectivity index (χ4n) is 3.48. The second-order valence-corrected chi connectivity index (χ2v) is 5.52. The molecule has 0 spiro atoms. The smallest absolute Gasteiger partial charge is 0.0943 e.